The van der Waals surface area contributed by atoms with Gasteiger partial charge in [-0.2, -0.15) is 0 Å². The van der Waals surface area contributed by atoms with Gasteiger partial charge < -0.3 is 15.4 Å². The van der Waals surface area contributed by atoms with Gasteiger partial charge in [0.15, 0.2) is 0 Å². The fraction of sp³-hybridized carbons (Fsp3) is 0.0455. The van der Waals surface area contributed by atoms with Crippen molar-refractivity contribution < 1.29 is 14.7 Å². The van der Waals surface area contributed by atoms with Crippen LogP contribution in [0.1, 0.15) is 17.3 Å². The summed E-state index contributed by atoms with van der Waals surface area (Å²) in [5, 5.41) is 14.4. The molecule has 1 heterocycles. The van der Waals surface area contributed by atoms with Gasteiger partial charge in [0.05, 0.1) is 10.9 Å². The summed E-state index contributed by atoms with van der Waals surface area (Å²) in [6.45, 7) is 1.44. The monoisotopic (exact) mass is 372 g/mol. The van der Waals surface area contributed by atoms with E-state index in [0.29, 0.717) is 27.2 Å². The lowest BCUT2D eigenvalue weighted by Gasteiger charge is -2.11. The smallest absolute Gasteiger partial charge is 0.336 e. The van der Waals surface area contributed by atoms with Crippen LogP contribution in [0.3, 0.4) is 0 Å². The quantitative estimate of drug-likeness (QED) is 0.473. The first kappa shape index (κ1) is 17.5. The zero-order valence-corrected chi connectivity index (χ0v) is 14.9. The Morgan fingerprint density at radius 1 is 0.964 bits per heavy atom. The van der Waals surface area contributed by atoms with Gasteiger partial charge in [-0.25, -0.2) is 4.79 Å². The first-order valence-electron chi connectivity index (χ1n) is 8.63. The first-order valence-corrected chi connectivity index (χ1v) is 8.63. The van der Waals surface area contributed by atoms with E-state index in [4.69, 9.17) is 0 Å². The van der Waals surface area contributed by atoms with Crippen molar-refractivity contribution in [1.82, 2.24) is 4.98 Å². The van der Waals surface area contributed by atoms with Crippen LogP contribution in [0.4, 0.5) is 5.69 Å². The molecule has 0 radical (unpaired) electrons. The Hall–Kier alpha value is -3.93. The number of fused-ring (bicyclic) bond motifs is 3. The topological polar surface area (TPSA) is 99.3 Å². The summed E-state index contributed by atoms with van der Waals surface area (Å²) in [5.74, 6) is -1.22. The molecule has 0 atom stereocenters. The molecule has 1 amide bonds. The van der Waals surface area contributed by atoms with Gasteiger partial charge in [-0.1, -0.05) is 24.3 Å². The molecule has 0 aliphatic rings. The lowest BCUT2D eigenvalue weighted by atomic mass is 9.94. The number of hydrogen-bond acceptors (Lipinski definition) is 3. The average molecular weight is 372 g/mol. The molecule has 0 spiro atoms. The number of aromatic carboxylic acids is 1. The summed E-state index contributed by atoms with van der Waals surface area (Å²) < 4.78 is 0. The second-order valence-electron chi connectivity index (χ2n) is 6.52. The largest absolute Gasteiger partial charge is 0.478 e. The molecule has 1 aromatic heterocycles. The second-order valence-corrected chi connectivity index (χ2v) is 6.52. The van der Waals surface area contributed by atoms with Gasteiger partial charge in [0.1, 0.15) is 0 Å². The van der Waals surface area contributed by atoms with E-state index in [1.807, 2.05) is 30.3 Å². The molecule has 6 nitrogen and oxygen atoms in total. The van der Waals surface area contributed by atoms with Crippen LogP contribution in [0.2, 0.25) is 0 Å². The Labute approximate surface area is 159 Å². The summed E-state index contributed by atoms with van der Waals surface area (Å²) >= 11 is 0. The van der Waals surface area contributed by atoms with Crippen LogP contribution in [-0.4, -0.2) is 22.0 Å². The Kier molecular flexibility index (Phi) is 4.16. The molecule has 6 heteroatoms. The minimum Gasteiger partial charge on any atom is -0.478 e. The van der Waals surface area contributed by atoms with Crippen molar-refractivity contribution in [3.05, 3.63) is 76.7 Å². The molecule has 0 bridgehead atoms. The Morgan fingerprint density at radius 2 is 1.75 bits per heavy atom. The average Bonchev–Trinajstić information content (AvgIpc) is 2.66. The van der Waals surface area contributed by atoms with Crippen LogP contribution in [0.25, 0.3) is 32.7 Å². The predicted molar refractivity (Wildman–Crippen MR) is 109 cm³/mol. The molecule has 28 heavy (non-hydrogen) atoms. The van der Waals surface area contributed by atoms with E-state index in [-0.39, 0.29) is 17.0 Å². The second kappa shape index (κ2) is 6.66. The van der Waals surface area contributed by atoms with Gasteiger partial charge in [-0.05, 0) is 57.6 Å². The van der Waals surface area contributed by atoms with Gasteiger partial charge in [0, 0.05) is 18.8 Å². The Bertz CT molecular complexity index is 1320. The minimum absolute atomic E-state index is 0.145. The molecule has 0 aliphatic heterocycles. The van der Waals surface area contributed by atoms with E-state index in [2.05, 4.69) is 10.3 Å². The van der Waals surface area contributed by atoms with Crippen molar-refractivity contribution >= 4 is 39.1 Å². The number of pyridine rings is 1. The molecule has 0 fully saturated rings. The summed E-state index contributed by atoms with van der Waals surface area (Å²) in [7, 11) is 0. The van der Waals surface area contributed by atoms with Crippen molar-refractivity contribution in [2.75, 3.05) is 5.32 Å². The summed E-state index contributed by atoms with van der Waals surface area (Å²) in [4.78, 5) is 38.1. The molecule has 0 saturated carbocycles. The van der Waals surface area contributed by atoms with Crippen LogP contribution in [-0.2, 0) is 4.79 Å². The fourth-order valence-electron chi connectivity index (χ4n) is 3.45. The SMILES string of the molecule is CC(=O)Nc1cccc(-c2ccc3c(C(=O)O)cc4cc[nH]c(=O)c4c3c2)c1. The number of H-pyrrole nitrogens is 1. The maximum Gasteiger partial charge on any atom is 0.336 e. The molecule has 4 rings (SSSR count). The normalized spacial score (nSPS) is 10.9. The highest BCUT2D eigenvalue weighted by molar-refractivity contribution is 6.16. The van der Waals surface area contributed by atoms with Crippen molar-refractivity contribution in [2.45, 2.75) is 6.92 Å². The predicted octanol–water partition coefficient (Wildman–Crippen LogP) is 4.00. The zero-order chi connectivity index (χ0) is 19.8. The highest BCUT2D eigenvalue weighted by Gasteiger charge is 2.15. The van der Waals surface area contributed by atoms with E-state index >= 15 is 0 Å². The van der Waals surface area contributed by atoms with E-state index in [1.54, 1.807) is 18.2 Å². The third kappa shape index (κ3) is 3.01. The van der Waals surface area contributed by atoms with Crippen LogP contribution >= 0.6 is 0 Å². The number of benzene rings is 3. The van der Waals surface area contributed by atoms with Crippen LogP contribution in [0.15, 0.2) is 65.6 Å². The molecular formula is C22H16N2O4. The number of anilines is 1. The number of carboxylic acids is 1. The summed E-state index contributed by atoms with van der Waals surface area (Å²) in [6, 6.07) is 15.9. The number of carbonyl (C=O) groups is 2. The zero-order valence-electron chi connectivity index (χ0n) is 14.9. The lowest BCUT2D eigenvalue weighted by molar-refractivity contribution is -0.114. The van der Waals surface area contributed by atoms with Crippen molar-refractivity contribution in [2.24, 2.45) is 0 Å². The molecular weight excluding hydrogens is 356 g/mol. The number of carbonyl (C=O) groups excluding carboxylic acids is 1. The molecule has 0 saturated heterocycles. The third-order valence-corrected chi connectivity index (χ3v) is 4.62. The number of aromatic nitrogens is 1. The standard InChI is InChI=1S/C22H16N2O4/c1-12(25)24-16-4-2-3-13(9-16)14-5-6-17-18(10-14)20-15(7-8-23-21(20)26)11-19(17)22(27)28/h2-11H,1H3,(H,23,26)(H,24,25)(H,27,28). The number of aromatic amines is 1. The van der Waals surface area contributed by atoms with E-state index in [1.165, 1.54) is 19.2 Å². The highest BCUT2D eigenvalue weighted by Crippen LogP contribution is 2.32. The molecule has 3 aromatic carbocycles. The lowest BCUT2D eigenvalue weighted by Crippen LogP contribution is -2.07. The van der Waals surface area contributed by atoms with E-state index in [0.717, 1.165) is 11.1 Å². The Balaban J connectivity index is 2.01. The van der Waals surface area contributed by atoms with Gasteiger partial charge in [0.2, 0.25) is 5.91 Å². The van der Waals surface area contributed by atoms with Gasteiger partial charge in [-0.3, -0.25) is 9.59 Å². The number of hydrogen-bond donors (Lipinski definition) is 3. The Morgan fingerprint density at radius 3 is 2.50 bits per heavy atom. The van der Waals surface area contributed by atoms with Gasteiger partial charge >= 0.3 is 5.97 Å². The summed E-state index contributed by atoms with van der Waals surface area (Å²) in [5.41, 5.74) is 2.18. The van der Waals surface area contributed by atoms with E-state index < -0.39 is 5.97 Å². The number of rotatable bonds is 3. The fourth-order valence-corrected chi connectivity index (χ4v) is 3.45. The van der Waals surface area contributed by atoms with Crippen LogP contribution < -0.4 is 10.9 Å². The van der Waals surface area contributed by atoms with E-state index in [9.17, 15) is 19.5 Å². The molecule has 0 unspecified atom stereocenters. The number of amides is 1. The van der Waals surface area contributed by atoms with Gasteiger partial charge in [0.25, 0.3) is 5.56 Å². The molecule has 138 valence electrons. The maximum absolute atomic E-state index is 12.4. The summed E-state index contributed by atoms with van der Waals surface area (Å²) in [6.07, 6.45) is 1.50. The van der Waals surface area contributed by atoms with Crippen LogP contribution in [0.5, 0.6) is 0 Å². The van der Waals surface area contributed by atoms with Gasteiger partial charge in [-0.15, -0.1) is 0 Å². The first-order chi connectivity index (χ1) is 13.4. The molecule has 4 aromatic rings. The maximum atomic E-state index is 12.4. The van der Waals surface area contributed by atoms with Crippen molar-refractivity contribution in [3.63, 3.8) is 0 Å². The number of nitrogens with one attached hydrogen (secondary N) is 2. The van der Waals surface area contributed by atoms with Crippen molar-refractivity contribution in [3.8, 4) is 11.1 Å². The van der Waals surface area contributed by atoms with Crippen LogP contribution in [0, 0.1) is 0 Å². The molecule has 3 N–H and O–H groups in total. The minimum atomic E-state index is -1.05. The molecule has 0 aliphatic carbocycles. The number of carboxylic acid groups (broad SMARTS) is 1. The third-order valence-electron chi connectivity index (χ3n) is 4.62. The highest BCUT2D eigenvalue weighted by atomic mass is 16.4. The van der Waals surface area contributed by atoms with Crippen molar-refractivity contribution in [1.29, 1.82) is 0 Å².